The molecule has 0 aromatic rings. The van der Waals surface area contributed by atoms with Gasteiger partial charge in [0.1, 0.15) is 22.8 Å². The van der Waals surface area contributed by atoms with E-state index in [1.165, 1.54) is 0 Å². The molecule has 0 aliphatic carbocycles. The molecule has 9 nitrogen and oxygen atoms in total. The van der Waals surface area contributed by atoms with E-state index in [1.54, 1.807) is 0 Å². The molecule has 300 valence electrons. The molecule has 0 spiro atoms. The van der Waals surface area contributed by atoms with Crippen LogP contribution in [0, 0.1) is 17.8 Å². The summed E-state index contributed by atoms with van der Waals surface area (Å²) in [6, 6.07) is 0. The molecule has 0 aliphatic heterocycles. The van der Waals surface area contributed by atoms with Gasteiger partial charge in [0.05, 0.1) is 19.8 Å². The van der Waals surface area contributed by atoms with Gasteiger partial charge in [-0.15, -0.1) is 0 Å². The van der Waals surface area contributed by atoms with Crippen molar-refractivity contribution in [3.05, 3.63) is 0 Å². The van der Waals surface area contributed by atoms with Crippen molar-refractivity contribution in [1.82, 2.24) is 0 Å². The monoisotopic (exact) mass is 806 g/mol. The molecule has 0 amide bonds. The summed E-state index contributed by atoms with van der Waals surface area (Å²) in [5.74, 6) is 0.805. The second-order valence-electron chi connectivity index (χ2n) is 13.2. The van der Waals surface area contributed by atoms with E-state index < -0.39 is 22.8 Å². The second kappa shape index (κ2) is 37.3. The van der Waals surface area contributed by atoms with Gasteiger partial charge < -0.3 is 41.9 Å². The molecule has 0 rings (SSSR count). The van der Waals surface area contributed by atoms with Gasteiger partial charge in [0.2, 0.25) is 0 Å². The molecule has 6 unspecified atom stereocenters. The first-order valence-electron chi connectivity index (χ1n) is 19.5. The van der Waals surface area contributed by atoms with Gasteiger partial charge in [0, 0.05) is 18.5 Å². The fourth-order valence-electron chi connectivity index (χ4n) is 4.90. The summed E-state index contributed by atoms with van der Waals surface area (Å²) >= 11 is 0. The van der Waals surface area contributed by atoms with E-state index in [-0.39, 0.29) is 53.0 Å². The fraction of sp³-hybridized carbons (Fsp3) is 1.00. The van der Waals surface area contributed by atoms with Crippen LogP contribution in [0.4, 0.5) is 0 Å². The smallest absolute Gasteiger partial charge is 0.778 e. The predicted molar refractivity (Wildman–Crippen MR) is 200 cm³/mol. The largest absolute Gasteiger partial charge is 3.00 e. The molecule has 0 aromatic carbocycles. The SMILES string of the molecule is CCCCOP(=O)([O-])CC(CC)CCCC.CCCCOP(=O)([O-])CC(CC)CCCC.CCCCOP(=O)([O-])CC(CC)CCCC.[Co+3]. The molecular formula is C36H78CoO9P3. The Kier molecular flexibility index (Phi) is 43.1. The Labute approximate surface area is 314 Å². The van der Waals surface area contributed by atoms with Crippen LogP contribution in [0.5, 0.6) is 0 Å². The fourth-order valence-corrected chi connectivity index (χ4v) is 9.66. The summed E-state index contributed by atoms with van der Waals surface area (Å²) in [7, 11) is -10.8. The number of rotatable bonds is 30. The van der Waals surface area contributed by atoms with Crippen LogP contribution in [0.15, 0.2) is 0 Å². The minimum absolute atomic E-state index is 0. The molecule has 0 saturated carbocycles. The Bertz CT molecular complexity index is 731. The maximum absolute atomic E-state index is 11.6. The molecule has 0 N–H and O–H groups in total. The van der Waals surface area contributed by atoms with Crippen molar-refractivity contribution in [3.8, 4) is 0 Å². The van der Waals surface area contributed by atoms with E-state index in [0.717, 1.165) is 116 Å². The van der Waals surface area contributed by atoms with Gasteiger partial charge in [0.15, 0.2) is 0 Å². The standard InChI is InChI=1S/3C12H27O3P.Co/c3*1-4-7-9-12(6-3)11-16(13,14)15-10-8-5-2;/h3*12H,4-11H2,1-3H3,(H,13,14);/q;;;+3/p-3. The van der Waals surface area contributed by atoms with Crippen molar-refractivity contribution >= 4 is 22.8 Å². The molecule has 0 fully saturated rings. The average Bonchev–Trinajstić information content (AvgIpc) is 3.03. The summed E-state index contributed by atoms with van der Waals surface area (Å²) in [5.41, 5.74) is 0. The molecular weight excluding hydrogens is 728 g/mol. The average molecular weight is 807 g/mol. The summed E-state index contributed by atoms with van der Waals surface area (Å²) in [6.07, 6.45) is 18.4. The van der Waals surface area contributed by atoms with Gasteiger partial charge in [-0.3, -0.25) is 0 Å². The molecule has 49 heavy (non-hydrogen) atoms. The third-order valence-electron chi connectivity index (χ3n) is 8.43. The topological polar surface area (TPSA) is 148 Å². The number of hydrogen-bond acceptors (Lipinski definition) is 9. The maximum atomic E-state index is 11.6. The molecule has 0 aromatic heterocycles. The second-order valence-corrected chi connectivity index (χ2v) is 18.7. The molecule has 13 heteroatoms. The molecule has 0 heterocycles. The van der Waals surface area contributed by atoms with Crippen molar-refractivity contribution in [2.45, 2.75) is 178 Å². The third-order valence-corrected chi connectivity index (χ3v) is 13.1. The Morgan fingerprint density at radius 2 is 0.612 bits per heavy atom. The van der Waals surface area contributed by atoms with Crippen LogP contribution in [-0.2, 0) is 44.0 Å². The normalized spacial score (nSPS) is 16.7. The molecule has 0 aliphatic rings. The van der Waals surface area contributed by atoms with Crippen molar-refractivity contribution < 1.29 is 58.7 Å². The van der Waals surface area contributed by atoms with E-state index in [1.807, 2.05) is 41.5 Å². The van der Waals surface area contributed by atoms with Gasteiger partial charge in [-0.1, -0.05) is 139 Å². The Morgan fingerprint density at radius 1 is 0.408 bits per heavy atom. The molecule has 0 saturated heterocycles. The summed E-state index contributed by atoms with van der Waals surface area (Å²) in [5, 5.41) is 0. The molecule has 0 bridgehead atoms. The van der Waals surface area contributed by atoms with Crippen LogP contribution < -0.4 is 14.7 Å². The summed E-state index contributed by atoms with van der Waals surface area (Å²) < 4.78 is 49.9. The van der Waals surface area contributed by atoms with Gasteiger partial charge in [0.25, 0.3) is 0 Å². The first kappa shape index (κ1) is 56.7. The maximum Gasteiger partial charge on any atom is 3.00 e. The first-order valence-corrected chi connectivity index (χ1v) is 24.7. The first-order chi connectivity index (χ1) is 22.7. The van der Waals surface area contributed by atoms with Crippen LogP contribution in [0.3, 0.4) is 0 Å². The van der Waals surface area contributed by atoms with Gasteiger partial charge in [-0.05, 0) is 56.3 Å². The summed E-state index contributed by atoms with van der Waals surface area (Å²) in [6.45, 7) is 19.6. The Hall–Kier alpha value is 0.956. The van der Waals surface area contributed by atoms with Crippen molar-refractivity contribution in [2.24, 2.45) is 17.8 Å². The van der Waals surface area contributed by atoms with Crippen LogP contribution in [0.1, 0.15) is 178 Å². The van der Waals surface area contributed by atoms with E-state index in [9.17, 15) is 28.4 Å². The minimum atomic E-state index is -3.59. The van der Waals surface area contributed by atoms with Crippen LogP contribution >= 0.6 is 22.8 Å². The van der Waals surface area contributed by atoms with Gasteiger partial charge in [-0.2, -0.15) is 0 Å². The van der Waals surface area contributed by atoms with Gasteiger partial charge >= 0.3 is 16.8 Å². The van der Waals surface area contributed by atoms with Crippen molar-refractivity contribution in [3.63, 3.8) is 0 Å². The minimum Gasteiger partial charge on any atom is -0.778 e. The van der Waals surface area contributed by atoms with Crippen molar-refractivity contribution in [2.75, 3.05) is 38.3 Å². The zero-order chi connectivity index (χ0) is 37.3. The number of hydrogen-bond donors (Lipinski definition) is 0. The zero-order valence-corrected chi connectivity index (χ0v) is 36.8. The summed E-state index contributed by atoms with van der Waals surface area (Å²) in [4.78, 5) is 34.9. The van der Waals surface area contributed by atoms with E-state index in [4.69, 9.17) is 13.6 Å². The van der Waals surface area contributed by atoms with E-state index in [0.29, 0.717) is 19.8 Å². The molecule has 6 atom stereocenters. The Morgan fingerprint density at radius 3 is 0.776 bits per heavy atom. The zero-order valence-electron chi connectivity index (χ0n) is 33.1. The third kappa shape index (κ3) is 40.0. The Balaban J connectivity index is -0.000000307. The van der Waals surface area contributed by atoms with Crippen molar-refractivity contribution in [1.29, 1.82) is 0 Å². The van der Waals surface area contributed by atoms with Gasteiger partial charge in [-0.25, -0.2) is 0 Å². The van der Waals surface area contributed by atoms with Crippen LogP contribution in [-0.4, -0.2) is 38.3 Å². The van der Waals surface area contributed by atoms with Crippen LogP contribution in [0.25, 0.3) is 0 Å². The predicted octanol–water partition coefficient (Wildman–Crippen LogP) is 10.7. The van der Waals surface area contributed by atoms with E-state index in [2.05, 4.69) is 20.8 Å². The van der Waals surface area contributed by atoms with E-state index >= 15 is 0 Å². The molecule has 0 radical (unpaired) electrons. The number of unbranched alkanes of at least 4 members (excludes halogenated alkanes) is 6. The van der Waals surface area contributed by atoms with Crippen LogP contribution in [0.2, 0.25) is 0 Å². The quantitative estimate of drug-likeness (QED) is 0.0511.